The largest absolute Gasteiger partial charge is 0.461 e. The van der Waals surface area contributed by atoms with Crippen LogP contribution in [0.1, 0.15) is 74.5 Å². The van der Waals surface area contributed by atoms with Crippen LogP contribution in [0.15, 0.2) is 0 Å². The summed E-state index contributed by atoms with van der Waals surface area (Å²) in [4.78, 5) is 11.8. The van der Waals surface area contributed by atoms with E-state index in [0.29, 0.717) is 18.2 Å². The van der Waals surface area contributed by atoms with Crippen molar-refractivity contribution in [2.45, 2.75) is 64.8 Å². The number of aromatic nitrogens is 3. The van der Waals surface area contributed by atoms with Gasteiger partial charge in [-0.15, -0.1) is 5.10 Å². The molecule has 1 aromatic rings. The molecule has 0 aliphatic heterocycles. The fourth-order valence-corrected chi connectivity index (χ4v) is 2.28. The number of unbranched alkanes of at least 4 members (excludes halogenated alkanes) is 3. The lowest BCUT2D eigenvalue weighted by molar-refractivity contribution is 0.0518. The molecule has 1 aliphatic carbocycles. The zero-order valence-corrected chi connectivity index (χ0v) is 11.9. The van der Waals surface area contributed by atoms with Crippen LogP contribution in [0.3, 0.4) is 0 Å². The molecule has 0 spiro atoms. The molecule has 0 bridgehead atoms. The molecule has 0 saturated heterocycles. The molecule has 5 heteroatoms. The lowest BCUT2D eigenvalue weighted by atomic mass is 10.2. The Morgan fingerprint density at radius 1 is 1.32 bits per heavy atom. The van der Waals surface area contributed by atoms with Crippen molar-refractivity contribution in [1.82, 2.24) is 15.0 Å². The van der Waals surface area contributed by atoms with E-state index in [1.165, 1.54) is 19.3 Å². The van der Waals surface area contributed by atoms with Crippen LogP contribution in [-0.4, -0.2) is 27.6 Å². The van der Waals surface area contributed by atoms with E-state index >= 15 is 0 Å². The summed E-state index contributed by atoms with van der Waals surface area (Å²) in [5.74, 6) is 0.129. The number of carbonyl (C=O) groups is 1. The molecule has 0 N–H and O–H groups in total. The predicted octanol–water partition coefficient (Wildman–Crippen LogP) is 2.91. The van der Waals surface area contributed by atoms with Gasteiger partial charge in [0.15, 0.2) is 5.69 Å². The standard InChI is InChI=1S/C14H23N3O2/c1-3-5-6-7-10-17-13(11-8-9-11)12(15-16-17)14(18)19-4-2/h11H,3-10H2,1-2H3. The second kappa shape index (κ2) is 6.68. The second-order valence-corrected chi connectivity index (χ2v) is 5.10. The maximum absolute atomic E-state index is 11.8. The fourth-order valence-electron chi connectivity index (χ4n) is 2.28. The molecule has 0 amide bonds. The van der Waals surface area contributed by atoms with Gasteiger partial charge in [0.25, 0.3) is 0 Å². The maximum Gasteiger partial charge on any atom is 0.360 e. The molecule has 1 aromatic heterocycles. The zero-order chi connectivity index (χ0) is 13.7. The molecule has 1 saturated carbocycles. The van der Waals surface area contributed by atoms with Crippen molar-refractivity contribution in [2.75, 3.05) is 6.61 Å². The summed E-state index contributed by atoms with van der Waals surface area (Å²) in [6, 6.07) is 0. The monoisotopic (exact) mass is 265 g/mol. The molecular formula is C14H23N3O2. The third-order valence-electron chi connectivity index (χ3n) is 3.43. The first-order chi connectivity index (χ1) is 9.27. The molecule has 1 fully saturated rings. The molecular weight excluding hydrogens is 242 g/mol. The summed E-state index contributed by atoms with van der Waals surface area (Å²) >= 11 is 0. The van der Waals surface area contributed by atoms with Gasteiger partial charge in [0, 0.05) is 12.5 Å². The van der Waals surface area contributed by atoms with E-state index in [0.717, 1.165) is 31.5 Å². The fraction of sp³-hybridized carbons (Fsp3) is 0.786. The maximum atomic E-state index is 11.8. The number of nitrogens with zero attached hydrogens (tertiary/aromatic N) is 3. The minimum Gasteiger partial charge on any atom is -0.461 e. The van der Waals surface area contributed by atoms with Crippen LogP contribution in [0.2, 0.25) is 0 Å². The van der Waals surface area contributed by atoms with E-state index in [2.05, 4.69) is 17.2 Å². The van der Waals surface area contributed by atoms with E-state index < -0.39 is 0 Å². The van der Waals surface area contributed by atoms with Gasteiger partial charge in [0.05, 0.1) is 12.3 Å². The van der Waals surface area contributed by atoms with Gasteiger partial charge in [-0.3, -0.25) is 0 Å². The molecule has 1 heterocycles. The van der Waals surface area contributed by atoms with Crippen LogP contribution >= 0.6 is 0 Å². The topological polar surface area (TPSA) is 57.0 Å². The Kier molecular flexibility index (Phi) is 4.93. The molecule has 0 unspecified atom stereocenters. The second-order valence-electron chi connectivity index (χ2n) is 5.10. The van der Waals surface area contributed by atoms with E-state index in [-0.39, 0.29) is 5.97 Å². The highest BCUT2D eigenvalue weighted by molar-refractivity contribution is 5.88. The predicted molar refractivity (Wildman–Crippen MR) is 72.1 cm³/mol. The van der Waals surface area contributed by atoms with Crippen molar-refractivity contribution in [3.63, 3.8) is 0 Å². The lowest BCUT2D eigenvalue weighted by Crippen LogP contribution is -2.10. The van der Waals surface area contributed by atoms with Crippen LogP contribution in [0.25, 0.3) is 0 Å². The van der Waals surface area contributed by atoms with Gasteiger partial charge >= 0.3 is 5.97 Å². The van der Waals surface area contributed by atoms with Gasteiger partial charge in [0.2, 0.25) is 0 Å². The number of aryl methyl sites for hydroxylation is 1. The van der Waals surface area contributed by atoms with E-state index in [1.54, 1.807) is 0 Å². The lowest BCUT2D eigenvalue weighted by Gasteiger charge is -2.06. The van der Waals surface area contributed by atoms with Crippen LogP contribution in [0.5, 0.6) is 0 Å². The minimum atomic E-state index is -0.329. The molecule has 5 nitrogen and oxygen atoms in total. The quantitative estimate of drug-likeness (QED) is 0.535. The van der Waals surface area contributed by atoms with Gasteiger partial charge in [-0.25, -0.2) is 9.48 Å². The summed E-state index contributed by atoms with van der Waals surface area (Å²) in [5, 5.41) is 8.18. The highest BCUT2D eigenvalue weighted by atomic mass is 16.5. The van der Waals surface area contributed by atoms with Crippen LogP contribution in [0, 0.1) is 0 Å². The number of hydrogen-bond donors (Lipinski definition) is 0. The molecule has 19 heavy (non-hydrogen) atoms. The van der Waals surface area contributed by atoms with E-state index in [9.17, 15) is 4.79 Å². The Morgan fingerprint density at radius 2 is 2.11 bits per heavy atom. The smallest absolute Gasteiger partial charge is 0.360 e. The number of ether oxygens (including phenoxy) is 1. The molecule has 1 aliphatic rings. The summed E-state index contributed by atoms with van der Waals surface area (Å²) in [5.41, 5.74) is 1.43. The van der Waals surface area contributed by atoms with Crippen molar-refractivity contribution < 1.29 is 9.53 Å². The molecule has 2 rings (SSSR count). The Hall–Kier alpha value is -1.39. The molecule has 0 aromatic carbocycles. The third kappa shape index (κ3) is 3.55. The zero-order valence-electron chi connectivity index (χ0n) is 11.9. The summed E-state index contributed by atoms with van der Waals surface area (Å²) < 4.78 is 6.96. The Labute approximate surface area is 114 Å². The van der Waals surface area contributed by atoms with E-state index in [1.807, 2.05) is 11.6 Å². The first-order valence-corrected chi connectivity index (χ1v) is 7.38. The van der Waals surface area contributed by atoms with Gasteiger partial charge < -0.3 is 4.74 Å². The molecule has 0 radical (unpaired) electrons. The number of esters is 1. The number of carbonyl (C=O) groups excluding carboxylic acids is 1. The van der Waals surface area contributed by atoms with Crippen molar-refractivity contribution in [1.29, 1.82) is 0 Å². The van der Waals surface area contributed by atoms with Gasteiger partial charge in [0.1, 0.15) is 0 Å². The Bertz CT molecular complexity index is 424. The first kappa shape index (κ1) is 14.0. The highest BCUT2D eigenvalue weighted by Gasteiger charge is 2.34. The highest BCUT2D eigenvalue weighted by Crippen LogP contribution is 2.41. The van der Waals surface area contributed by atoms with Crippen LogP contribution in [-0.2, 0) is 11.3 Å². The summed E-state index contributed by atoms with van der Waals surface area (Å²) in [7, 11) is 0. The third-order valence-corrected chi connectivity index (χ3v) is 3.43. The SMILES string of the molecule is CCCCCCn1nnc(C(=O)OCC)c1C1CC1. The van der Waals surface area contributed by atoms with E-state index in [4.69, 9.17) is 4.74 Å². The Balaban J connectivity index is 2.04. The molecule has 106 valence electrons. The van der Waals surface area contributed by atoms with Crippen molar-refractivity contribution >= 4 is 5.97 Å². The van der Waals surface area contributed by atoms with Crippen LogP contribution in [0.4, 0.5) is 0 Å². The van der Waals surface area contributed by atoms with Crippen molar-refractivity contribution in [3.05, 3.63) is 11.4 Å². The van der Waals surface area contributed by atoms with Crippen molar-refractivity contribution in [3.8, 4) is 0 Å². The van der Waals surface area contributed by atoms with Gasteiger partial charge in [-0.05, 0) is 26.2 Å². The summed E-state index contributed by atoms with van der Waals surface area (Å²) in [6.07, 6.45) is 7.04. The normalized spacial score (nSPS) is 14.6. The first-order valence-electron chi connectivity index (χ1n) is 7.38. The molecule has 0 atom stereocenters. The number of rotatable bonds is 8. The average molecular weight is 265 g/mol. The Morgan fingerprint density at radius 3 is 2.74 bits per heavy atom. The summed E-state index contributed by atoms with van der Waals surface area (Å²) in [6.45, 7) is 5.25. The van der Waals surface area contributed by atoms with Crippen LogP contribution < -0.4 is 0 Å². The number of hydrogen-bond acceptors (Lipinski definition) is 4. The average Bonchev–Trinajstić information content (AvgIpc) is 3.15. The van der Waals surface area contributed by atoms with Gasteiger partial charge in [-0.2, -0.15) is 0 Å². The minimum absolute atomic E-state index is 0.329. The van der Waals surface area contributed by atoms with Gasteiger partial charge in [-0.1, -0.05) is 31.4 Å². The van der Waals surface area contributed by atoms with Crippen molar-refractivity contribution in [2.24, 2.45) is 0 Å².